The Kier molecular flexibility index (Phi) is 4.83. The molecule has 106 valence electrons. The van der Waals surface area contributed by atoms with Gasteiger partial charge in [-0.15, -0.1) is 0 Å². The lowest BCUT2D eigenvalue weighted by Crippen LogP contribution is -2.36. The summed E-state index contributed by atoms with van der Waals surface area (Å²) in [5.41, 5.74) is 10.8. The first-order chi connectivity index (χ1) is 9.10. The van der Waals surface area contributed by atoms with E-state index in [4.69, 9.17) is 10.5 Å². The number of piperidine rings is 1. The Morgan fingerprint density at radius 1 is 1.21 bits per heavy atom. The highest BCUT2D eigenvalue weighted by atomic mass is 16.5. The second kappa shape index (κ2) is 6.40. The summed E-state index contributed by atoms with van der Waals surface area (Å²) >= 11 is 0. The highest BCUT2D eigenvalue weighted by Crippen LogP contribution is 2.21. The SMILES string of the molecule is CCOC1CCN(Cc2cc(N)c(C)cc2C)CC1. The van der Waals surface area contributed by atoms with Gasteiger partial charge in [0.05, 0.1) is 6.10 Å². The Morgan fingerprint density at radius 2 is 1.89 bits per heavy atom. The maximum Gasteiger partial charge on any atom is 0.0599 e. The summed E-state index contributed by atoms with van der Waals surface area (Å²) in [6, 6.07) is 4.33. The number of ether oxygens (including phenoxy) is 1. The summed E-state index contributed by atoms with van der Waals surface area (Å²) in [7, 11) is 0. The molecule has 1 saturated heterocycles. The summed E-state index contributed by atoms with van der Waals surface area (Å²) in [6.45, 7) is 10.4. The summed E-state index contributed by atoms with van der Waals surface area (Å²) in [6.07, 6.45) is 2.76. The van der Waals surface area contributed by atoms with E-state index in [0.717, 1.165) is 44.8 Å². The highest BCUT2D eigenvalue weighted by Gasteiger charge is 2.19. The van der Waals surface area contributed by atoms with E-state index in [1.165, 1.54) is 16.7 Å². The van der Waals surface area contributed by atoms with Gasteiger partial charge in [0.1, 0.15) is 0 Å². The van der Waals surface area contributed by atoms with Crippen LogP contribution in [0.4, 0.5) is 5.69 Å². The standard InChI is InChI=1S/C16H26N2O/c1-4-19-15-5-7-18(8-6-15)11-14-10-16(17)13(3)9-12(14)2/h9-10,15H,4-8,11,17H2,1-3H3. The fourth-order valence-corrected chi connectivity index (χ4v) is 2.80. The Balaban J connectivity index is 1.94. The number of likely N-dealkylation sites (tertiary alicyclic amines) is 1. The Hall–Kier alpha value is -1.06. The van der Waals surface area contributed by atoms with Gasteiger partial charge >= 0.3 is 0 Å². The molecule has 0 radical (unpaired) electrons. The molecule has 3 heteroatoms. The lowest BCUT2D eigenvalue weighted by atomic mass is 10.0. The van der Waals surface area contributed by atoms with Gasteiger partial charge in [-0.1, -0.05) is 6.07 Å². The second-order valence-corrected chi connectivity index (χ2v) is 5.57. The molecule has 0 bridgehead atoms. The zero-order valence-electron chi connectivity index (χ0n) is 12.4. The third-order valence-corrected chi connectivity index (χ3v) is 4.06. The van der Waals surface area contributed by atoms with E-state index in [2.05, 4.69) is 37.8 Å². The van der Waals surface area contributed by atoms with Crippen LogP contribution < -0.4 is 5.73 Å². The minimum atomic E-state index is 0.463. The summed E-state index contributed by atoms with van der Waals surface area (Å²) in [5.74, 6) is 0. The van der Waals surface area contributed by atoms with Gasteiger partial charge in [-0.05, 0) is 56.4 Å². The van der Waals surface area contributed by atoms with Crippen LogP contribution in [0.1, 0.15) is 36.5 Å². The third-order valence-electron chi connectivity index (χ3n) is 4.06. The molecule has 0 amide bonds. The smallest absolute Gasteiger partial charge is 0.0599 e. The molecule has 1 heterocycles. The van der Waals surface area contributed by atoms with Gasteiger partial charge in [0.25, 0.3) is 0 Å². The van der Waals surface area contributed by atoms with Crippen LogP contribution in [-0.4, -0.2) is 30.7 Å². The Bertz CT molecular complexity index is 423. The van der Waals surface area contributed by atoms with E-state index < -0.39 is 0 Å². The number of rotatable bonds is 4. The van der Waals surface area contributed by atoms with Crippen LogP contribution in [-0.2, 0) is 11.3 Å². The van der Waals surface area contributed by atoms with Gasteiger partial charge in [-0.25, -0.2) is 0 Å². The van der Waals surface area contributed by atoms with E-state index in [1.54, 1.807) is 0 Å². The van der Waals surface area contributed by atoms with Crippen molar-refractivity contribution in [3.05, 3.63) is 28.8 Å². The molecule has 1 aliphatic heterocycles. The topological polar surface area (TPSA) is 38.5 Å². The van der Waals surface area contributed by atoms with Crippen LogP contribution in [0.2, 0.25) is 0 Å². The molecule has 0 spiro atoms. The summed E-state index contributed by atoms with van der Waals surface area (Å²) in [5, 5.41) is 0. The van der Waals surface area contributed by atoms with E-state index in [-0.39, 0.29) is 0 Å². The number of hydrogen-bond acceptors (Lipinski definition) is 3. The molecule has 0 atom stereocenters. The minimum Gasteiger partial charge on any atom is -0.399 e. The number of aryl methyl sites for hydroxylation is 2. The lowest BCUT2D eigenvalue weighted by Gasteiger charge is -2.32. The minimum absolute atomic E-state index is 0.463. The molecule has 1 aromatic carbocycles. The van der Waals surface area contributed by atoms with Gasteiger partial charge in [0.15, 0.2) is 0 Å². The maximum atomic E-state index is 6.02. The quantitative estimate of drug-likeness (QED) is 0.848. The number of anilines is 1. The number of hydrogen-bond donors (Lipinski definition) is 1. The van der Waals surface area contributed by atoms with Gasteiger partial charge in [0, 0.05) is 31.9 Å². The molecule has 0 unspecified atom stereocenters. The maximum absolute atomic E-state index is 6.02. The van der Waals surface area contributed by atoms with Crippen molar-refractivity contribution in [3.63, 3.8) is 0 Å². The van der Waals surface area contributed by atoms with Crippen molar-refractivity contribution in [2.24, 2.45) is 0 Å². The van der Waals surface area contributed by atoms with Gasteiger partial charge in [0.2, 0.25) is 0 Å². The van der Waals surface area contributed by atoms with E-state index in [0.29, 0.717) is 6.10 Å². The molecule has 0 aliphatic carbocycles. The monoisotopic (exact) mass is 262 g/mol. The Labute approximate surface area is 116 Å². The third kappa shape index (κ3) is 3.71. The largest absolute Gasteiger partial charge is 0.399 e. The fraction of sp³-hybridized carbons (Fsp3) is 0.625. The van der Waals surface area contributed by atoms with Crippen LogP contribution >= 0.6 is 0 Å². The van der Waals surface area contributed by atoms with Crippen LogP contribution in [0.15, 0.2) is 12.1 Å². The van der Waals surface area contributed by atoms with Gasteiger partial charge < -0.3 is 10.5 Å². The Morgan fingerprint density at radius 3 is 2.53 bits per heavy atom. The molecule has 3 nitrogen and oxygen atoms in total. The number of nitrogens with two attached hydrogens (primary N) is 1. The molecule has 0 aromatic heterocycles. The van der Waals surface area contributed by atoms with Crippen LogP contribution in [0, 0.1) is 13.8 Å². The van der Waals surface area contributed by atoms with Crippen molar-refractivity contribution < 1.29 is 4.74 Å². The molecule has 19 heavy (non-hydrogen) atoms. The molecule has 1 aromatic rings. The fourth-order valence-electron chi connectivity index (χ4n) is 2.80. The zero-order valence-corrected chi connectivity index (χ0v) is 12.4. The molecule has 1 aliphatic rings. The lowest BCUT2D eigenvalue weighted by molar-refractivity contribution is 0.0125. The van der Waals surface area contributed by atoms with Crippen molar-refractivity contribution >= 4 is 5.69 Å². The summed E-state index contributed by atoms with van der Waals surface area (Å²) < 4.78 is 5.69. The van der Waals surface area contributed by atoms with E-state index in [1.807, 2.05) is 0 Å². The second-order valence-electron chi connectivity index (χ2n) is 5.57. The van der Waals surface area contributed by atoms with Crippen molar-refractivity contribution in [1.29, 1.82) is 0 Å². The first kappa shape index (κ1) is 14.4. The van der Waals surface area contributed by atoms with E-state index in [9.17, 15) is 0 Å². The predicted molar refractivity (Wildman–Crippen MR) is 80.3 cm³/mol. The normalized spacial score (nSPS) is 17.8. The predicted octanol–water partition coefficient (Wildman–Crippen LogP) is 2.89. The van der Waals surface area contributed by atoms with Crippen LogP contribution in [0.5, 0.6) is 0 Å². The molecular formula is C16H26N2O. The van der Waals surface area contributed by atoms with Crippen LogP contribution in [0.25, 0.3) is 0 Å². The number of nitrogens with zero attached hydrogens (tertiary/aromatic N) is 1. The molecule has 2 N–H and O–H groups in total. The van der Waals surface area contributed by atoms with E-state index >= 15 is 0 Å². The molecule has 0 saturated carbocycles. The average Bonchev–Trinajstić information content (AvgIpc) is 2.38. The van der Waals surface area contributed by atoms with Crippen molar-refractivity contribution in [2.45, 2.75) is 46.3 Å². The highest BCUT2D eigenvalue weighted by molar-refractivity contribution is 5.51. The molecular weight excluding hydrogens is 236 g/mol. The number of benzene rings is 1. The van der Waals surface area contributed by atoms with Crippen molar-refractivity contribution in [3.8, 4) is 0 Å². The van der Waals surface area contributed by atoms with Gasteiger partial charge in [-0.3, -0.25) is 4.90 Å². The first-order valence-electron chi connectivity index (χ1n) is 7.29. The van der Waals surface area contributed by atoms with Crippen molar-refractivity contribution in [1.82, 2.24) is 4.90 Å². The zero-order chi connectivity index (χ0) is 13.8. The van der Waals surface area contributed by atoms with Crippen LogP contribution in [0.3, 0.4) is 0 Å². The van der Waals surface area contributed by atoms with Gasteiger partial charge in [-0.2, -0.15) is 0 Å². The molecule has 2 rings (SSSR count). The molecule has 1 fully saturated rings. The number of nitrogen functional groups attached to an aromatic ring is 1. The first-order valence-corrected chi connectivity index (χ1v) is 7.29. The average molecular weight is 262 g/mol. The summed E-state index contributed by atoms with van der Waals surface area (Å²) in [4.78, 5) is 2.51. The van der Waals surface area contributed by atoms with Crippen molar-refractivity contribution in [2.75, 3.05) is 25.4 Å².